The molecule has 2 rings (SSSR count). The molecule has 1 fully saturated rings. The van der Waals surface area contributed by atoms with Crippen molar-refractivity contribution in [3.8, 4) is 0 Å². The van der Waals surface area contributed by atoms with Crippen LogP contribution in [-0.4, -0.2) is 55.9 Å². The van der Waals surface area contributed by atoms with Gasteiger partial charge in [0.05, 0.1) is 0 Å². The number of sulfonamides is 1. The number of carbonyl (C=O) groups excluding carboxylic acids is 1. The Hall–Kier alpha value is -1.12. The molecule has 1 saturated heterocycles. The molecule has 1 N–H and O–H groups in total. The zero-order valence-electron chi connectivity index (χ0n) is 12.5. The molecule has 6 nitrogen and oxygen atoms in total. The summed E-state index contributed by atoms with van der Waals surface area (Å²) in [5.74, 6) is 0. The van der Waals surface area contributed by atoms with Gasteiger partial charge in [-0.15, -0.1) is 11.3 Å². The smallest absolute Gasteiger partial charge is 0.317 e. The maximum absolute atomic E-state index is 12.5. The fraction of sp³-hybridized carbons (Fsp3) is 0.615. The summed E-state index contributed by atoms with van der Waals surface area (Å²) in [5, 5.41) is 2.82. The van der Waals surface area contributed by atoms with Crippen LogP contribution in [0.5, 0.6) is 0 Å². The Bertz CT molecular complexity index is 602. The molecule has 2 amide bonds. The molecule has 1 aliphatic rings. The van der Waals surface area contributed by atoms with Gasteiger partial charge in [-0.05, 0) is 32.9 Å². The summed E-state index contributed by atoms with van der Waals surface area (Å²) in [4.78, 5) is 14.5. The highest BCUT2D eigenvalue weighted by molar-refractivity contribution is 7.91. The number of rotatable bonds is 3. The van der Waals surface area contributed by atoms with Gasteiger partial charge in [0.25, 0.3) is 10.0 Å². The highest BCUT2D eigenvalue weighted by Crippen LogP contribution is 2.25. The first-order valence-corrected chi connectivity index (χ1v) is 9.18. The zero-order chi connectivity index (χ0) is 15.6. The van der Waals surface area contributed by atoms with Crippen LogP contribution >= 0.6 is 11.3 Å². The molecule has 8 heteroatoms. The first kappa shape index (κ1) is 16.3. The number of hydrogen-bond acceptors (Lipinski definition) is 4. The zero-order valence-corrected chi connectivity index (χ0v) is 14.1. The molecule has 0 spiro atoms. The van der Waals surface area contributed by atoms with Gasteiger partial charge in [0.15, 0.2) is 0 Å². The minimum Gasteiger partial charge on any atom is -0.336 e. The fourth-order valence-corrected chi connectivity index (χ4v) is 5.01. The summed E-state index contributed by atoms with van der Waals surface area (Å²) < 4.78 is 26.8. The van der Waals surface area contributed by atoms with Crippen LogP contribution in [0.2, 0.25) is 0 Å². The third-order valence-corrected chi connectivity index (χ3v) is 6.61. The monoisotopic (exact) mass is 331 g/mol. The average Bonchev–Trinajstić information content (AvgIpc) is 2.85. The van der Waals surface area contributed by atoms with E-state index in [0.29, 0.717) is 30.4 Å². The van der Waals surface area contributed by atoms with E-state index in [1.54, 1.807) is 11.0 Å². The first-order chi connectivity index (χ1) is 9.80. The summed E-state index contributed by atoms with van der Waals surface area (Å²) in [6.07, 6.45) is 0. The van der Waals surface area contributed by atoms with Crippen LogP contribution in [0.3, 0.4) is 0 Å². The van der Waals surface area contributed by atoms with Gasteiger partial charge in [-0.25, -0.2) is 13.2 Å². The quantitative estimate of drug-likeness (QED) is 0.912. The highest BCUT2D eigenvalue weighted by atomic mass is 32.2. The molecule has 0 aliphatic carbocycles. The number of hydrogen-bond donors (Lipinski definition) is 1. The predicted octanol–water partition coefficient (Wildman–Crippen LogP) is 1.48. The normalized spacial score (nSPS) is 17.2. The predicted molar refractivity (Wildman–Crippen MR) is 83.1 cm³/mol. The minimum absolute atomic E-state index is 0.0772. The van der Waals surface area contributed by atoms with Crippen LogP contribution in [0.4, 0.5) is 4.79 Å². The number of aryl methyl sites for hydroxylation is 1. The Morgan fingerprint density at radius 3 is 2.33 bits per heavy atom. The number of carbonyl (C=O) groups is 1. The lowest BCUT2D eigenvalue weighted by Crippen LogP contribution is -2.53. The van der Waals surface area contributed by atoms with Gasteiger partial charge >= 0.3 is 6.03 Å². The Labute approximate surface area is 129 Å². The molecule has 0 unspecified atom stereocenters. The van der Waals surface area contributed by atoms with Crippen molar-refractivity contribution < 1.29 is 13.2 Å². The van der Waals surface area contributed by atoms with E-state index >= 15 is 0 Å². The maximum Gasteiger partial charge on any atom is 0.317 e. The second kappa shape index (κ2) is 6.33. The number of nitrogens with one attached hydrogen (secondary N) is 1. The number of piperazine rings is 1. The average molecular weight is 331 g/mol. The second-order valence-corrected chi connectivity index (χ2v) is 8.81. The topological polar surface area (TPSA) is 69.7 Å². The molecule has 1 aliphatic heterocycles. The van der Waals surface area contributed by atoms with Crippen LogP contribution in [-0.2, 0) is 10.0 Å². The van der Waals surface area contributed by atoms with Crippen molar-refractivity contribution in [2.24, 2.45) is 0 Å². The van der Waals surface area contributed by atoms with E-state index in [9.17, 15) is 13.2 Å². The summed E-state index contributed by atoms with van der Waals surface area (Å²) in [7, 11) is -3.42. The molecular formula is C13H21N3O3S2. The largest absolute Gasteiger partial charge is 0.336 e. The molecule has 21 heavy (non-hydrogen) atoms. The molecular weight excluding hydrogens is 310 g/mol. The summed E-state index contributed by atoms with van der Waals surface area (Å²) in [5.41, 5.74) is 0. The van der Waals surface area contributed by atoms with Crippen LogP contribution in [0.15, 0.2) is 16.3 Å². The van der Waals surface area contributed by atoms with Gasteiger partial charge in [0, 0.05) is 37.1 Å². The van der Waals surface area contributed by atoms with Crippen molar-refractivity contribution in [3.63, 3.8) is 0 Å². The van der Waals surface area contributed by atoms with E-state index < -0.39 is 10.0 Å². The third-order valence-electron chi connectivity index (χ3n) is 3.25. The van der Waals surface area contributed by atoms with Crippen LogP contribution < -0.4 is 5.32 Å². The third kappa shape index (κ3) is 3.75. The van der Waals surface area contributed by atoms with Crippen LogP contribution in [0.25, 0.3) is 0 Å². The second-order valence-electron chi connectivity index (χ2n) is 5.36. The molecule has 0 aromatic carbocycles. The first-order valence-electron chi connectivity index (χ1n) is 6.92. The molecule has 2 heterocycles. The Morgan fingerprint density at radius 1 is 1.24 bits per heavy atom. The van der Waals surface area contributed by atoms with Gasteiger partial charge in [-0.1, -0.05) is 0 Å². The van der Waals surface area contributed by atoms with Crippen molar-refractivity contribution in [2.45, 2.75) is 31.0 Å². The summed E-state index contributed by atoms with van der Waals surface area (Å²) >= 11 is 1.28. The van der Waals surface area contributed by atoms with Crippen LogP contribution in [0.1, 0.15) is 18.7 Å². The molecule has 1 aromatic rings. The number of urea groups is 1. The van der Waals surface area contributed by atoms with Gasteiger partial charge in [0.2, 0.25) is 0 Å². The Balaban J connectivity index is 1.99. The molecule has 0 radical (unpaired) electrons. The van der Waals surface area contributed by atoms with Gasteiger partial charge in [-0.2, -0.15) is 4.31 Å². The van der Waals surface area contributed by atoms with E-state index in [2.05, 4.69) is 5.32 Å². The lowest BCUT2D eigenvalue weighted by molar-refractivity contribution is 0.170. The standard InChI is InChI=1S/C13H21N3O3S2/c1-10(2)14-13(17)15-6-8-16(9-7-15)21(18,19)12-5-4-11(3)20-12/h4-5,10H,6-9H2,1-3H3,(H,14,17). The van der Waals surface area contributed by atoms with E-state index in [-0.39, 0.29) is 12.1 Å². The van der Waals surface area contributed by atoms with Crippen molar-refractivity contribution in [2.75, 3.05) is 26.2 Å². The molecule has 0 atom stereocenters. The lowest BCUT2D eigenvalue weighted by Gasteiger charge is -2.34. The minimum atomic E-state index is -3.42. The Morgan fingerprint density at radius 2 is 1.86 bits per heavy atom. The van der Waals surface area contributed by atoms with Crippen molar-refractivity contribution in [1.29, 1.82) is 0 Å². The van der Waals surface area contributed by atoms with E-state index in [1.165, 1.54) is 15.6 Å². The number of thiophene rings is 1. The van der Waals surface area contributed by atoms with Gasteiger partial charge in [0.1, 0.15) is 4.21 Å². The molecule has 1 aromatic heterocycles. The van der Waals surface area contributed by atoms with E-state index in [0.717, 1.165) is 4.88 Å². The fourth-order valence-electron chi connectivity index (χ4n) is 2.15. The molecule has 118 valence electrons. The van der Waals surface area contributed by atoms with Gasteiger partial charge < -0.3 is 10.2 Å². The highest BCUT2D eigenvalue weighted by Gasteiger charge is 2.30. The van der Waals surface area contributed by atoms with E-state index in [1.807, 2.05) is 26.8 Å². The molecule has 0 saturated carbocycles. The van der Waals surface area contributed by atoms with Crippen molar-refractivity contribution in [1.82, 2.24) is 14.5 Å². The SMILES string of the molecule is Cc1ccc(S(=O)(=O)N2CCN(C(=O)NC(C)C)CC2)s1. The van der Waals surface area contributed by atoms with Crippen molar-refractivity contribution in [3.05, 3.63) is 17.0 Å². The number of nitrogens with zero attached hydrogens (tertiary/aromatic N) is 2. The van der Waals surface area contributed by atoms with Gasteiger partial charge in [-0.3, -0.25) is 0 Å². The maximum atomic E-state index is 12.5. The van der Waals surface area contributed by atoms with E-state index in [4.69, 9.17) is 0 Å². The Kier molecular flexibility index (Phi) is 4.90. The number of amides is 2. The summed E-state index contributed by atoms with van der Waals surface area (Å²) in [6.45, 7) is 7.20. The van der Waals surface area contributed by atoms with Crippen LogP contribution in [0, 0.1) is 6.92 Å². The lowest BCUT2D eigenvalue weighted by atomic mass is 10.3. The molecule has 0 bridgehead atoms. The summed E-state index contributed by atoms with van der Waals surface area (Å²) in [6, 6.07) is 3.40. The van der Waals surface area contributed by atoms with Crippen molar-refractivity contribution >= 4 is 27.4 Å².